The van der Waals surface area contributed by atoms with Crippen molar-refractivity contribution in [3.05, 3.63) is 0 Å². The van der Waals surface area contributed by atoms with Crippen LogP contribution in [0.25, 0.3) is 0 Å². The van der Waals surface area contributed by atoms with Crippen molar-refractivity contribution in [2.24, 2.45) is 0 Å². The molecule has 0 rings (SSSR count). The van der Waals surface area contributed by atoms with Crippen molar-refractivity contribution < 1.29 is 22.1 Å². The first kappa shape index (κ1) is 11.7. The van der Waals surface area contributed by atoms with Crippen LogP contribution in [0.4, 0.5) is 17.6 Å². The van der Waals surface area contributed by atoms with Crippen molar-refractivity contribution >= 4 is 29.3 Å². The fourth-order valence-corrected chi connectivity index (χ4v) is 1.07. The predicted octanol–water partition coefficient (Wildman–Crippen LogP) is 3.96. The Balaban J connectivity index is 3.61. The maximum atomic E-state index is 12.1. The van der Waals surface area contributed by atoms with E-state index in [0.29, 0.717) is 0 Å². The van der Waals surface area contributed by atoms with Gasteiger partial charge in [0.25, 0.3) is 0 Å². The van der Waals surface area contributed by atoms with Crippen LogP contribution in [0.5, 0.6) is 0 Å². The van der Waals surface area contributed by atoms with E-state index in [1.807, 2.05) is 0 Å². The number of rotatable bonds is 3. The van der Waals surface area contributed by atoms with Crippen molar-refractivity contribution in [1.82, 2.24) is 0 Å². The fourth-order valence-electron chi connectivity index (χ4n) is 0.306. The molecule has 68 valence electrons. The molecular weight excluding hydrogens is 230 g/mol. The largest absolute Gasteiger partial charge is 0.394 e. The molecular formula is C3H3Cl2F4OP. The molecule has 0 aromatic rings. The summed E-state index contributed by atoms with van der Waals surface area (Å²) in [5, 5.41) is 0. The second kappa shape index (κ2) is 4.65. The number of alkyl halides is 4. The highest BCUT2D eigenvalue weighted by molar-refractivity contribution is 8.00. The van der Waals surface area contributed by atoms with Crippen LogP contribution in [0.3, 0.4) is 0 Å². The third kappa shape index (κ3) is 8.60. The molecule has 0 spiro atoms. The molecule has 0 aromatic carbocycles. The van der Waals surface area contributed by atoms with Gasteiger partial charge in [-0.2, -0.15) is 13.2 Å². The molecule has 0 N–H and O–H groups in total. The molecule has 1 nitrogen and oxygen atoms in total. The van der Waals surface area contributed by atoms with Crippen LogP contribution in [-0.4, -0.2) is 12.5 Å². The van der Waals surface area contributed by atoms with Crippen molar-refractivity contribution in [1.29, 1.82) is 0 Å². The number of halogens is 6. The van der Waals surface area contributed by atoms with Gasteiger partial charge in [0.05, 0.1) is 6.42 Å². The molecule has 0 saturated heterocycles. The van der Waals surface area contributed by atoms with Gasteiger partial charge in [-0.3, -0.25) is 4.52 Å². The zero-order valence-corrected chi connectivity index (χ0v) is 7.31. The second-order valence-corrected chi connectivity index (χ2v) is 4.51. The first-order valence-corrected chi connectivity index (χ1v) is 5.37. The van der Waals surface area contributed by atoms with Gasteiger partial charge in [-0.15, -0.1) is 0 Å². The normalized spacial score (nSPS) is 15.5. The standard InChI is InChI=1S/C3H3Cl2F4OP/c4-11(5)10-2(6)1-3(7,8)9/h2H,1H2. The summed E-state index contributed by atoms with van der Waals surface area (Å²) in [4.78, 5) is 0. The van der Waals surface area contributed by atoms with Crippen molar-refractivity contribution in [2.45, 2.75) is 19.0 Å². The summed E-state index contributed by atoms with van der Waals surface area (Å²) < 4.78 is 50.0. The van der Waals surface area contributed by atoms with Gasteiger partial charge in [-0.25, -0.2) is 4.39 Å². The van der Waals surface area contributed by atoms with Gasteiger partial charge in [0.2, 0.25) is 13.2 Å². The van der Waals surface area contributed by atoms with E-state index in [2.05, 4.69) is 4.52 Å². The van der Waals surface area contributed by atoms with E-state index in [1.165, 1.54) is 0 Å². The Morgan fingerprint density at radius 3 is 2.09 bits per heavy atom. The number of hydrogen-bond acceptors (Lipinski definition) is 1. The molecule has 0 aliphatic carbocycles. The Morgan fingerprint density at radius 2 is 1.82 bits per heavy atom. The van der Waals surface area contributed by atoms with Crippen molar-refractivity contribution in [3.63, 3.8) is 0 Å². The van der Waals surface area contributed by atoms with Crippen LogP contribution >= 0.6 is 29.3 Å². The van der Waals surface area contributed by atoms with E-state index in [4.69, 9.17) is 22.5 Å². The lowest BCUT2D eigenvalue weighted by molar-refractivity contribution is -0.164. The minimum atomic E-state index is -4.60. The van der Waals surface area contributed by atoms with Crippen LogP contribution in [-0.2, 0) is 4.52 Å². The minimum Gasteiger partial charge on any atom is -0.296 e. The molecule has 0 aromatic heterocycles. The van der Waals surface area contributed by atoms with E-state index in [-0.39, 0.29) is 0 Å². The quantitative estimate of drug-likeness (QED) is 0.529. The lowest BCUT2D eigenvalue weighted by atomic mass is 10.4. The highest BCUT2D eigenvalue weighted by Gasteiger charge is 2.33. The minimum absolute atomic E-state index is 1.69. The average Bonchev–Trinajstić information content (AvgIpc) is 1.53. The van der Waals surface area contributed by atoms with E-state index < -0.39 is 25.8 Å². The van der Waals surface area contributed by atoms with Gasteiger partial charge < -0.3 is 0 Å². The van der Waals surface area contributed by atoms with Crippen LogP contribution in [0.2, 0.25) is 0 Å². The lowest BCUT2D eigenvalue weighted by Gasteiger charge is -2.11. The zero-order valence-electron chi connectivity index (χ0n) is 4.91. The van der Waals surface area contributed by atoms with Gasteiger partial charge in [0.1, 0.15) is 0 Å². The van der Waals surface area contributed by atoms with Gasteiger partial charge in [-0.05, 0) is 22.5 Å². The first-order valence-electron chi connectivity index (χ1n) is 2.30. The SMILES string of the molecule is FC(CC(F)(F)F)OP(Cl)Cl. The first-order chi connectivity index (χ1) is 4.81. The second-order valence-electron chi connectivity index (χ2n) is 1.54. The van der Waals surface area contributed by atoms with E-state index in [0.717, 1.165) is 0 Å². The number of hydrogen-bond donors (Lipinski definition) is 0. The Morgan fingerprint density at radius 1 is 1.36 bits per heavy atom. The summed E-state index contributed by atoms with van der Waals surface area (Å²) >= 11 is 9.80. The third-order valence-corrected chi connectivity index (χ3v) is 1.45. The molecule has 0 aliphatic heterocycles. The lowest BCUT2D eigenvalue weighted by Crippen LogP contribution is -2.16. The summed E-state index contributed by atoms with van der Waals surface area (Å²) in [6.45, 7) is -2.12. The predicted molar refractivity (Wildman–Crippen MR) is 35.3 cm³/mol. The fraction of sp³-hybridized carbons (Fsp3) is 1.00. The molecule has 8 heteroatoms. The van der Waals surface area contributed by atoms with Crippen LogP contribution in [0.15, 0.2) is 0 Å². The maximum Gasteiger partial charge on any atom is 0.394 e. The summed E-state index contributed by atoms with van der Waals surface area (Å²) in [6, 6.07) is 0. The molecule has 0 heterocycles. The third-order valence-electron chi connectivity index (χ3n) is 0.586. The van der Waals surface area contributed by atoms with Crippen LogP contribution < -0.4 is 0 Å². The molecule has 0 saturated carbocycles. The topological polar surface area (TPSA) is 9.23 Å². The molecule has 1 unspecified atom stereocenters. The van der Waals surface area contributed by atoms with E-state index >= 15 is 0 Å². The van der Waals surface area contributed by atoms with E-state index in [9.17, 15) is 17.6 Å². The van der Waals surface area contributed by atoms with Gasteiger partial charge in [-0.1, -0.05) is 0 Å². The molecule has 0 amide bonds. The molecule has 0 fully saturated rings. The zero-order chi connectivity index (χ0) is 9.07. The van der Waals surface area contributed by atoms with E-state index in [1.54, 1.807) is 0 Å². The molecule has 0 radical (unpaired) electrons. The highest BCUT2D eigenvalue weighted by atomic mass is 35.9. The monoisotopic (exact) mass is 232 g/mol. The maximum absolute atomic E-state index is 12.1. The average molecular weight is 233 g/mol. The Bertz CT molecular complexity index is 118. The van der Waals surface area contributed by atoms with Gasteiger partial charge >= 0.3 is 6.18 Å². The molecule has 11 heavy (non-hydrogen) atoms. The summed E-state index contributed by atoms with van der Waals surface area (Å²) in [6.07, 6.45) is -8.76. The van der Waals surface area contributed by atoms with Crippen molar-refractivity contribution in [3.8, 4) is 0 Å². The smallest absolute Gasteiger partial charge is 0.296 e. The highest BCUT2D eigenvalue weighted by Crippen LogP contribution is 2.50. The van der Waals surface area contributed by atoms with Gasteiger partial charge in [0, 0.05) is 0 Å². The Hall–Kier alpha value is 0.690. The summed E-state index contributed by atoms with van der Waals surface area (Å²) in [5.41, 5.74) is 0. The van der Waals surface area contributed by atoms with Crippen LogP contribution in [0, 0.1) is 0 Å². The Kier molecular flexibility index (Phi) is 4.94. The molecule has 0 aliphatic rings. The molecule has 0 bridgehead atoms. The van der Waals surface area contributed by atoms with Crippen molar-refractivity contribution in [2.75, 3.05) is 0 Å². The van der Waals surface area contributed by atoms with Gasteiger partial charge in [0.15, 0.2) is 0 Å². The van der Waals surface area contributed by atoms with Crippen LogP contribution in [0.1, 0.15) is 6.42 Å². The molecule has 1 atom stereocenters. The Labute approximate surface area is 71.0 Å². The summed E-state index contributed by atoms with van der Waals surface area (Å²) in [7, 11) is 0. The summed E-state index contributed by atoms with van der Waals surface area (Å²) in [5.74, 6) is 0.